The van der Waals surface area contributed by atoms with E-state index in [0.717, 1.165) is 5.56 Å². The molecule has 0 aromatic heterocycles. The van der Waals surface area contributed by atoms with Crippen LogP contribution >= 0.6 is 0 Å². The fourth-order valence-electron chi connectivity index (χ4n) is 2.82. The van der Waals surface area contributed by atoms with Gasteiger partial charge in [-0.15, -0.1) is 0 Å². The average Bonchev–Trinajstić information content (AvgIpc) is 2.85. The molecule has 1 aliphatic heterocycles. The van der Waals surface area contributed by atoms with Gasteiger partial charge in [-0.1, -0.05) is 30.3 Å². The van der Waals surface area contributed by atoms with Crippen LogP contribution < -0.4 is 0 Å². The molecule has 1 aromatic rings. The first-order valence-electron chi connectivity index (χ1n) is 6.82. The van der Waals surface area contributed by atoms with E-state index in [1.807, 2.05) is 30.3 Å². The van der Waals surface area contributed by atoms with Gasteiger partial charge in [-0.3, -0.25) is 4.90 Å². The van der Waals surface area contributed by atoms with Gasteiger partial charge in [-0.05, 0) is 25.3 Å². The van der Waals surface area contributed by atoms with Gasteiger partial charge in [0.05, 0.1) is 6.61 Å². The van der Waals surface area contributed by atoms with Crippen molar-refractivity contribution in [2.45, 2.75) is 31.7 Å². The molecule has 0 spiro atoms. The molecule has 1 heterocycles. The van der Waals surface area contributed by atoms with Gasteiger partial charge in [-0.2, -0.15) is 0 Å². The van der Waals surface area contributed by atoms with Crippen LogP contribution in [0.5, 0.6) is 0 Å². The first-order chi connectivity index (χ1) is 9.60. The van der Waals surface area contributed by atoms with E-state index in [0.29, 0.717) is 25.8 Å². The Morgan fingerprint density at radius 3 is 2.65 bits per heavy atom. The molecule has 20 heavy (non-hydrogen) atoms. The van der Waals surface area contributed by atoms with Crippen molar-refractivity contribution in [2.24, 2.45) is 0 Å². The number of rotatable bonds is 4. The number of esters is 1. The second kappa shape index (κ2) is 5.94. The van der Waals surface area contributed by atoms with Crippen molar-refractivity contribution in [3.8, 4) is 0 Å². The molecule has 1 unspecified atom stereocenters. The third kappa shape index (κ3) is 2.61. The largest absolute Gasteiger partial charge is 0.465 e. The van der Waals surface area contributed by atoms with E-state index in [1.54, 1.807) is 6.92 Å². The van der Waals surface area contributed by atoms with Crippen LogP contribution in [-0.4, -0.2) is 40.8 Å². The van der Waals surface area contributed by atoms with Gasteiger partial charge >= 0.3 is 12.1 Å². The van der Waals surface area contributed by atoms with Crippen molar-refractivity contribution in [1.29, 1.82) is 0 Å². The Kier molecular flexibility index (Phi) is 4.27. The Labute approximate surface area is 118 Å². The van der Waals surface area contributed by atoms with E-state index in [2.05, 4.69) is 0 Å². The minimum Gasteiger partial charge on any atom is -0.465 e. The average molecular weight is 277 g/mol. The van der Waals surface area contributed by atoms with Gasteiger partial charge in [0, 0.05) is 13.0 Å². The number of amides is 1. The second-order valence-corrected chi connectivity index (χ2v) is 4.95. The molecule has 1 aromatic carbocycles. The highest BCUT2D eigenvalue weighted by Gasteiger charge is 2.51. The van der Waals surface area contributed by atoms with Crippen molar-refractivity contribution in [2.75, 3.05) is 13.2 Å². The van der Waals surface area contributed by atoms with Crippen LogP contribution in [0, 0.1) is 0 Å². The number of carbonyl (C=O) groups is 2. The maximum atomic E-state index is 12.4. The van der Waals surface area contributed by atoms with Gasteiger partial charge in [0.1, 0.15) is 5.54 Å². The highest BCUT2D eigenvalue weighted by Crippen LogP contribution is 2.34. The molecule has 1 N–H and O–H groups in total. The van der Waals surface area contributed by atoms with Crippen LogP contribution in [0.1, 0.15) is 25.3 Å². The molecular formula is C15H19NO4. The Morgan fingerprint density at radius 2 is 2.05 bits per heavy atom. The van der Waals surface area contributed by atoms with Crippen LogP contribution in [0.25, 0.3) is 0 Å². The predicted octanol–water partition coefficient (Wildman–Crippen LogP) is 2.30. The second-order valence-electron chi connectivity index (χ2n) is 4.95. The fraction of sp³-hybridized carbons (Fsp3) is 0.467. The minimum absolute atomic E-state index is 0.253. The lowest BCUT2D eigenvalue weighted by Crippen LogP contribution is -2.55. The smallest absolute Gasteiger partial charge is 0.408 e. The number of carboxylic acid groups (broad SMARTS) is 1. The molecular weight excluding hydrogens is 258 g/mol. The predicted molar refractivity (Wildman–Crippen MR) is 73.5 cm³/mol. The molecule has 1 atom stereocenters. The van der Waals surface area contributed by atoms with E-state index in [4.69, 9.17) is 4.74 Å². The van der Waals surface area contributed by atoms with Crippen molar-refractivity contribution < 1.29 is 19.4 Å². The standard InChI is InChI=1S/C15H19NO4/c1-2-20-13(17)15(9-6-10-16(15)14(18)19)11-12-7-4-3-5-8-12/h3-5,7-8H,2,6,9-11H2,1H3,(H,18,19). The highest BCUT2D eigenvalue weighted by molar-refractivity contribution is 5.86. The number of benzene rings is 1. The summed E-state index contributed by atoms with van der Waals surface area (Å²) in [6.07, 6.45) is 0.482. The summed E-state index contributed by atoms with van der Waals surface area (Å²) < 4.78 is 5.14. The molecule has 5 nitrogen and oxygen atoms in total. The summed E-state index contributed by atoms with van der Waals surface area (Å²) in [5.74, 6) is -0.441. The zero-order chi connectivity index (χ0) is 14.6. The molecule has 0 aliphatic carbocycles. The monoisotopic (exact) mass is 277 g/mol. The van der Waals surface area contributed by atoms with Crippen LogP contribution in [0.15, 0.2) is 30.3 Å². The van der Waals surface area contributed by atoms with E-state index in [9.17, 15) is 14.7 Å². The third-order valence-electron chi connectivity index (χ3n) is 3.71. The fourth-order valence-corrected chi connectivity index (χ4v) is 2.82. The third-order valence-corrected chi connectivity index (χ3v) is 3.71. The molecule has 1 saturated heterocycles. The Bertz CT molecular complexity index is 488. The molecule has 1 fully saturated rings. The topological polar surface area (TPSA) is 66.8 Å². The summed E-state index contributed by atoms with van der Waals surface area (Å²) in [5.41, 5.74) is -0.142. The van der Waals surface area contributed by atoms with Gasteiger partial charge in [-0.25, -0.2) is 9.59 Å². The lowest BCUT2D eigenvalue weighted by molar-refractivity contribution is -0.155. The number of likely N-dealkylation sites (tertiary alicyclic amines) is 1. The molecule has 1 amide bonds. The molecule has 108 valence electrons. The quantitative estimate of drug-likeness (QED) is 0.858. The van der Waals surface area contributed by atoms with Crippen LogP contribution in [-0.2, 0) is 16.0 Å². The van der Waals surface area contributed by atoms with E-state index < -0.39 is 17.6 Å². The lowest BCUT2D eigenvalue weighted by Gasteiger charge is -2.34. The Morgan fingerprint density at radius 1 is 1.35 bits per heavy atom. The Balaban J connectivity index is 2.33. The summed E-state index contributed by atoms with van der Waals surface area (Å²) in [4.78, 5) is 25.0. The van der Waals surface area contributed by atoms with Crippen molar-refractivity contribution in [3.63, 3.8) is 0 Å². The molecule has 0 bridgehead atoms. The van der Waals surface area contributed by atoms with Crippen molar-refractivity contribution >= 4 is 12.1 Å². The van der Waals surface area contributed by atoms with E-state index >= 15 is 0 Å². The summed E-state index contributed by atoms with van der Waals surface area (Å²) >= 11 is 0. The summed E-state index contributed by atoms with van der Waals surface area (Å²) in [6.45, 7) is 2.36. The molecule has 5 heteroatoms. The first kappa shape index (κ1) is 14.4. The summed E-state index contributed by atoms with van der Waals surface area (Å²) in [7, 11) is 0. The number of ether oxygens (including phenoxy) is 1. The summed E-state index contributed by atoms with van der Waals surface area (Å²) in [6, 6.07) is 9.46. The zero-order valence-corrected chi connectivity index (χ0v) is 11.5. The highest BCUT2D eigenvalue weighted by atomic mass is 16.5. The van der Waals surface area contributed by atoms with Crippen molar-refractivity contribution in [1.82, 2.24) is 4.90 Å². The lowest BCUT2D eigenvalue weighted by atomic mass is 9.88. The maximum absolute atomic E-state index is 12.4. The van der Waals surface area contributed by atoms with E-state index in [-0.39, 0.29) is 6.61 Å². The van der Waals surface area contributed by atoms with Gasteiger partial charge in [0.2, 0.25) is 0 Å². The van der Waals surface area contributed by atoms with Gasteiger partial charge < -0.3 is 9.84 Å². The number of carbonyl (C=O) groups excluding carboxylic acids is 1. The minimum atomic E-state index is -1.08. The molecule has 0 radical (unpaired) electrons. The van der Waals surface area contributed by atoms with Gasteiger partial charge in [0.25, 0.3) is 0 Å². The maximum Gasteiger partial charge on any atom is 0.408 e. The number of nitrogens with zero attached hydrogens (tertiary/aromatic N) is 1. The molecule has 0 saturated carbocycles. The molecule has 2 rings (SSSR count). The van der Waals surface area contributed by atoms with Crippen LogP contribution in [0.3, 0.4) is 0 Å². The Hall–Kier alpha value is -2.04. The zero-order valence-electron chi connectivity index (χ0n) is 11.5. The summed E-state index contributed by atoms with van der Waals surface area (Å²) in [5, 5.41) is 9.36. The van der Waals surface area contributed by atoms with E-state index in [1.165, 1.54) is 4.90 Å². The van der Waals surface area contributed by atoms with Crippen LogP contribution in [0.4, 0.5) is 4.79 Å². The first-order valence-corrected chi connectivity index (χ1v) is 6.82. The number of hydrogen-bond acceptors (Lipinski definition) is 3. The molecule has 1 aliphatic rings. The number of hydrogen-bond donors (Lipinski definition) is 1. The van der Waals surface area contributed by atoms with Crippen LogP contribution in [0.2, 0.25) is 0 Å². The SMILES string of the molecule is CCOC(=O)C1(Cc2ccccc2)CCCN1C(=O)O. The van der Waals surface area contributed by atoms with Gasteiger partial charge in [0.15, 0.2) is 0 Å². The normalized spacial score (nSPS) is 21.8. The van der Waals surface area contributed by atoms with Crippen molar-refractivity contribution in [3.05, 3.63) is 35.9 Å².